The number of rotatable bonds is 1. The molecule has 1 aliphatic rings. The molecule has 1 atom stereocenters. The topological polar surface area (TPSA) is 29.5 Å². The predicted molar refractivity (Wildman–Crippen MR) is 74.6 cm³/mol. The van der Waals surface area contributed by atoms with Crippen molar-refractivity contribution in [1.82, 2.24) is 0 Å². The Labute approximate surface area is 116 Å². The first-order chi connectivity index (χ1) is 9.65. The first-order valence-electron chi connectivity index (χ1n) is 6.48. The molecule has 0 aliphatic carbocycles. The summed E-state index contributed by atoms with van der Waals surface area (Å²) in [4.78, 5) is 14.2. The van der Waals surface area contributed by atoms with Crippen LogP contribution < -0.4 is 9.64 Å². The Hall–Kier alpha value is -2.36. The number of carbonyl (C=O) groups is 1. The molecule has 1 heterocycles. The van der Waals surface area contributed by atoms with E-state index in [-0.39, 0.29) is 17.8 Å². The van der Waals surface area contributed by atoms with Crippen LogP contribution in [0.3, 0.4) is 0 Å². The number of anilines is 1. The molecule has 0 fully saturated rings. The number of halogens is 1. The quantitative estimate of drug-likeness (QED) is 0.796. The lowest BCUT2D eigenvalue weighted by Crippen LogP contribution is -2.42. The summed E-state index contributed by atoms with van der Waals surface area (Å²) in [5, 5.41) is 0. The van der Waals surface area contributed by atoms with Crippen LogP contribution in [-0.4, -0.2) is 18.6 Å². The van der Waals surface area contributed by atoms with Crippen LogP contribution in [-0.2, 0) is 0 Å². The van der Waals surface area contributed by atoms with E-state index in [1.807, 2.05) is 31.2 Å². The SMILES string of the molecule is C[C@H]1CN(C(=O)c2ccc(F)cc2)c2ccccc2O1. The highest BCUT2D eigenvalue weighted by molar-refractivity contribution is 6.07. The largest absolute Gasteiger partial charge is 0.487 e. The number of carbonyl (C=O) groups excluding carboxylic acids is 1. The van der Waals surface area contributed by atoms with Gasteiger partial charge in [-0.2, -0.15) is 0 Å². The van der Waals surface area contributed by atoms with Crippen molar-refractivity contribution < 1.29 is 13.9 Å². The molecule has 2 aromatic carbocycles. The van der Waals surface area contributed by atoms with Crippen LogP contribution in [0.4, 0.5) is 10.1 Å². The van der Waals surface area contributed by atoms with Crippen molar-refractivity contribution in [3.05, 3.63) is 59.9 Å². The van der Waals surface area contributed by atoms with E-state index in [0.29, 0.717) is 17.9 Å². The van der Waals surface area contributed by atoms with E-state index in [2.05, 4.69) is 0 Å². The number of fused-ring (bicyclic) bond motifs is 1. The van der Waals surface area contributed by atoms with Gasteiger partial charge in [-0.05, 0) is 43.3 Å². The molecule has 0 radical (unpaired) electrons. The fourth-order valence-corrected chi connectivity index (χ4v) is 2.33. The summed E-state index contributed by atoms with van der Waals surface area (Å²) in [7, 11) is 0. The van der Waals surface area contributed by atoms with Gasteiger partial charge < -0.3 is 9.64 Å². The van der Waals surface area contributed by atoms with Crippen molar-refractivity contribution in [2.75, 3.05) is 11.4 Å². The normalized spacial score (nSPS) is 17.3. The zero-order chi connectivity index (χ0) is 14.1. The van der Waals surface area contributed by atoms with E-state index >= 15 is 0 Å². The average molecular weight is 271 g/mol. The minimum atomic E-state index is -0.350. The van der Waals surface area contributed by atoms with Gasteiger partial charge in [0.2, 0.25) is 0 Å². The summed E-state index contributed by atoms with van der Waals surface area (Å²) in [5.41, 5.74) is 1.22. The summed E-state index contributed by atoms with van der Waals surface area (Å²) in [6.07, 6.45) is -0.0747. The van der Waals surface area contributed by atoms with Crippen LogP contribution in [0.25, 0.3) is 0 Å². The highest BCUT2D eigenvalue weighted by Gasteiger charge is 2.27. The number of para-hydroxylation sites is 2. The lowest BCUT2D eigenvalue weighted by Gasteiger charge is -2.33. The number of nitrogens with zero attached hydrogens (tertiary/aromatic N) is 1. The third-order valence-corrected chi connectivity index (χ3v) is 3.26. The standard InChI is InChI=1S/C16H14FNO2/c1-11-10-18(14-4-2-3-5-15(14)20-11)16(19)12-6-8-13(17)9-7-12/h2-9,11H,10H2,1H3/t11-/m0/s1. The molecule has 0 N–H and O–H groups in total. The molecule has 0 saturated carbocycles. The Balaban J connectivity index is 1.97. The molecule has 1 aliphatic heterocycles. The van der Waals surface area contributed by atoms with Crippen molar-refractivity contribution >= 4 is 11.6 Å². The summed E-state index contributed by atoms with van der Waals surface area (Å²) in [5.74, 6) is 0.201. The van der Waals surface area contributed by atoms with Crippen molar-refractivity contribution in [3.8, 4) is 5.75 Å². The van der Waals surface area contributed by atoms with Crippen molar-refractivity contribution in [2.45, 2.75) is 13.0 Å². The lowest BCUT2D eigenvalue weighted by atomic mass is 10.1. The van der Waals surface area contributed by atoms with Crippen molar-refractivity contribution in [1.29, 1.82) is 0 Å². The molecule has 2 aromatic rings. The molecular weight excluding hydrogens is 257 g/mol. The second-order valence-corrected chi connectivity index (χ2v) is 4.82. The molecule has 3 rings (SSSR count). The van der Waals surface area contributed by atoms with Crippen molar-refractivity contribution in [2.24, 2.45) is 0 Å². The molecule has 3 nitrogen and oxygen atoms in total. The molecule has 0 saturated heterocycles. The summed E-state index contributed by atoms with van der Waals surface area (Å²) in [6.45, 7) is 2.40. The predicted octanol–water partition coefficient (Wildman–Crippen LogP) is 3.25. The molecule has 4 heteroatoms. The van der Waals surface area contributed by atoms with Crippen LogP contribution in [0, 0.1) is 5.82 Å². The lowest BCUT2D eigenvalue weighted by molar-refractivity contribution is 0.0961. The maximum atomic E-state index is 12.9. The number of hydrogen-bond acceptors (Lipinski definition) is 2. The second kappa shape index (κ2) is 4.96. The van der Waals surface area contributed by atoms with E-state index < -0.39 is 0 Å². The Kier molecular flexibility index (Phi) is 3.14. The van der Waals surface area contributed by atoms with Gasteiger partial charge in [0, 0.05) is 5.56 Å². The number of benzene rings is 2. The van der Waals surface area contributed by atoms with Gasteiger partial charge in [-0.3, -0.25) is 4.79 Å². The fourth-order valence-electron chi connectivity index (χ4n) is 2.33. The first-order valence-corrected chi connectivity index (χ1v) is 6.48. The average Bonchev–Trinajstić information content (AvgIpc) is 2.46. The van der Waals surface area contributed by atoms with Gasteiger partial charge in [0.25, 0.3) is 5.91 Å². The maximum absolute atomic E-state index is 12.9. The van der Waals surface area contributed by atoms with Crippen LogP contribution in [0.15, 0.2) is 48.5 Å². The fraction of sp³-hybridized carbons (Fsp3) is 0.188. The Bertz CT molecular complexity index is 639. The van der Waals surface area contributed by atoms with Crippen LogP contribution in [0.5, 0.6) is 5.75 Å². The van der Waals surface area contributed by atoms with Crippen LogP contribution in [0.2, 0.25) is 0 Å². The van der Waals surface area contributed by atoms with Gasteiger partial charge in [0.05, 0.1) is 12.2 Å². The Morgan fingerprint density at radius 2 is 1.90 bits per heavy atom. The monoisotopic (exact) mass is 271 g/mol. The molecule has 102 valence electrons. The summed E-state index contributed by atoms with van der Waals surface area (Å²) in [6, 6.07) is 13.0. The third-order valence-electron chi connectivity index (χ3n) is 3.26. The van der Waals surface area contributed by atoms with Crippen LogP contribution >= 0.6 is 0 Å². The van der Waals surface area contributed by atoms with Gasteiger partial charge in [-0.1, -0.05) is 12.1 Å². The molecule has 0 bridgehead atoms. The van der Waals surface area contributed by atoms with Gasteiger partial charge in [0.1, 0.15) is 17.7 Å². The number of amides is 1. The zero-order valence-corrected chi connectivity index (χ0v) is 11.0. The van der Waals surface area contributed by atoms with E-state index in [1.54, 1.807) is 4.90 Å². The molecule has 0 spiro atoms. The van der Waals surface area contributed by atoms with E-state index in [4.69, 9.17) is 4.74 Å². The number of hydrogen-bond donors (Lipinski definition) is 0. The van der Waals surface area contributed by atoms with E-state index in [1.165, 1.54) is 24.3 Å². The summed E-state index contributed by atoms with van der Waals surface area (Å²) < 4.78 is 18.7. The Morgan fingerprint density at radius 1 is 1.20 bits per heavy atom. The Morgan fingerprint density at radius 3 is 2.65 bits per heavy atom. The molecule has 0 unspecified atom stereocenters. The highest BCUT2D eigenvalue weighted by Crippen LogP contribution is 2.33. The van der Waals surface area contributed by atoms with E-state index in [0.717, 1.165) is 5.69 Å². The van der Waals surface area contributed by atoms with Gasteiger partial charge in [-0.25, -0.2) is 4.39 Å². The van der Waals surface area contributed by atoms with E-state index in [9.17, 15) is 9.18 Å². The third kappa shape index (κ3) is 2.25. The zero-order valence-electron chi connectivity index (χ0n) is 11.0. The smallest absolute Gasteiger partial charge is 0.258 e. The second-order valence-electron chi connectivity index (χ2n) is 4.82. The first kappa shape index (κ1) is 12.7. The van der Waals surface area contributed by atoms with Crippen LogP contribution in [0.1, 0.15) is 17.3 Å². The maximum Gasteiger partial charge on any atom is 0.258 e. The van der Waals surface area contributed by atoms with Gasteiger partial charge in [0.15, 0.2) is 0 Å². The molecule has 1 amide bonds. The summed E-state index contributed by atoms with van der Waals surface area (Å²) >= 11 is 0. The molecular formula is C16H14FNO2. The molecule has 0 aromatic heterocycles. The van der Waals surface area contributed by atoms with Gasteiger partial charge >= 0.3 is 0 Å². The molecule has 20 heavy (non-hydrogen) atoms. The highest BCUT2D eigenvalue weighted by atomic mass is 19.1. The van der Waals surface area contributed by atoms with Crippen molar-refractivity contribution in [3.63, 3.8) is 0 Å². The van der Waals surface area contributed by atoms with Gasteiger partial charge in [-0.15, -0.1) is 0 Å². The minimum Gasteiger partial charge on any atom is -0.487 e. The minimum absolute atomic E-state index is 0.0747. The number of ether oxygens (including phenoxy) is 1.